The molecule has 0 saturated carbocycles. The van der Waals surface area contributed by atoms with Crippen molar-refractivity contribution in [1.82, 2.24) is 9.88 Å². The molecule has 0 bridgehead atoms. The molecule has 1 aromatic heterocycles. The van der Waals surface area contributed by atoms with E-state index in [0.29, 0.717) is 24.5 Å². The van der Waals surface area contributed by atoms with Crippen molar-refractivity contribution in [3.8, 4) is 0 Å². The maximum atomic E-state index is 11.6. The van der Waals surface area contributed by atoms with E-state index in [1.54, 1.807) is 0 Å². The predicted octanol–water partition coefficient (Wildman–Crippen LogP) is 2.99. The van der Waals surface area contributed by atoms with Crippen LogP contribution in [0.5, 0.6) is 0 Å². The number of likely N-dealkylation sites (tertiary alicyclic amines) is 1. The van der Waals surface area contributed by atoms with Crippen molar-refractivity contribution in [2.45, 2.75) is 44.7 Å². The van der Waals surface area contributed by atoms with Crippen molar-refractivity contribution < 1.29 is 9.90 Å². The van der Waals surface area contributed by atoms with Gasteiger partial charge in [0.25, 0.3) is 0 Å². The van der Waals surface area contributed by atoms with Gasteiger partial charge in [-0.05, 0) is 43.9 Å². The lowest BCUT2D eigenvalue weighted by atomic mass is 9.72. The number of hydrogen-bond donors (Lipinski definition) is 2. The molecular weight excluding hydrogens is 276 g/mol. The molecule has 116 valence electrons. The van der Waals surface area contributed by atoms with Crippen molar-refractivity contribution >= 4 is 16.9 Å². The van der Waals surface area contributed by atoms with Crippen LogP contribution < -0.4 is 0 Å². The van der Waals surface area contributed by atoms with Crippen LogP contribution >= 0.6 is 0 Å². The van der Waals surface area contributed by atoms with E-state index in [1.807, 2.05) is 0 Å². The number of rotatable bonds is 2. The Morgan fingerprint density at radius 1 is 1.41 bits per heavy atom. The van der Waals surface area contributed by atoms with Gasteiger partial charge in [-0.25, -0.2) is 0 Å². The summed E-state index contributed by atoms with van der Waals surface area (Å²) in [5.41, 5.74) is 3.90. The van der Waals surface area contributed by atoms with Gasteiger partial charge in [0, 0.05) is 41.6 Å². The minimum atomic E-state index is -0.656. The molecule has 2 heterocycles. The Hall–Kier alpha value is -1.81. The highest BCUT2D eigenvalue weighted by Crippen LogP contribution is 2.45. The second kappa shape index (κ2) is 4.85. The van der Waals surface area contributed by atoms with Crippen LogP contribution in [0.1, 0.15) is 37.3 Å². The van der Waals surface area contributed by atoms with Crippen LogP contribution in [0.2, 0.25) is 0 Å². The maximum absolute atomic E-state index is 11.6. The fourth-order valence-corrected chi connectivity index (χ4v) is 4.51. The minimum absolute atomic E-state index is 0.264. The summed E-state index contributed by atoms with van der Waals surface area (Å²) in [7, 11) is 0. The molecule has 0 spiro atoms. The average molecular weight is 298 g/mol. The van der Waals surface area contributed by atoms with E-state index in [2.05, 4.69) is 48.1 Å². The standard InChI is InChI=1S/C18H22N2O2/c1-10(2)20-9-12(18(21)22)6-14-13-4-3-5-15-17(13)11(8-19-15)7-16(14)20/h3-5,8,10,12,14,16,19H,6-7,9H2,1-2H3,(H,21,22)/t12?,14-,16-/m1/s1. The summed E-state index contributed by atoms with van der Waals surface area (Å²) in [6.45, 7) is 5.02. The molecule has 4 rings (SSSR count). The molecular formula is C18H22N2O2. The second-order valence-corrected chi connectivity index (χ2v) is 7.02. The first kappa shape index (κ1) is 13.8. The molecule has 1 unspecified atom stereocenters. The van der Waals surface area contributed by atoms with Gasteiger partial charge < -0.3 is 10.1 Å². The van der Waals surface area contributed by atoms with Gasteiger partial charge in [-0.1, -0.05) is 12.1 Å². The molecule has 2 aliphatic rings. The Morgan fingerprint density at radius 2 is 2.23 bits per heavy atom. The molecule has 4 heteroatoms. The van der Waals surface area contributed by atoms with Gasteiger partial charge in [0.2, 0.25) is 0 Å². The summed E-state index contributed by atoms with van der Waals surface area (Å²) in [6, 6.07) is 7.18. The number of carbonyl (C=O) groups is 1. The lowest BCUT2D eigenvalue weighted by Crippen LogP contribution is -2.54. The smallest absolute Gasteiger partial charge is 0.307 e. The normalized spacial score (nSPS) is 28.0. The number of aromatic amines is 1. The molecule has 1 fully saturated rings. The number of carboxylic acids is 1. The lowest BCUT2D eigenvalue weighted by Gasteiger charge is -2.48. The molecule has 2 aromatic rings. The predicted molar refractivity (Wildman–Crippen MR) is 86.1 cm³/mol. The Morgan fingerprint density at radius 3 is 2.95 bits per heavy atom. The fraction of sp³-hybridized carbons (Fsp3) is 0.500. The van der Waals surface area contributed by atoms with Gasteiger partial charge in [-0.2, -0.15) is 0 Å². The molecule has 1 aromatic carbocycles. The van der Waals surface area contributed by atoms with Crippen LogP contribution in [0.25, 0.3) is 10.9 Å². The Bertz CT molecular complexity index is 734. The molecule has 0 radical (unpaired) electrons. The van der Waals surface area contributed by atoms with E-state index < -0.39 is 5.97 Å². The van der Waals surface area contributed by atoms with E-state index in [4.69, 9.17) is 0 Å². The molecule has 0 amide bonds. The molecule has 4 nitrogen and oxygen atoms in total. The van der Waals surface area contributed by atoms with Crippen molar-refractivity contribution in [2.75, 3.05) is 6.54 Å². The Kier molecular flexibility index (Phi) is 3.05. The zero-order chi connectivity index (χ0) is 15.4. The molecule has 22 heavy (non-hydrogen) atoms. The summed E-state index contributed by atoms with van der Waals surface area (Å²) in [5.74, 6) is -0.597. The molecule has 1 aliphatic carbocycles. The highest BCUT2D eigenvalue weighted by atomic mass is 16.4. The summed E-state index contributed by atoms with van der Waals surface area (Å²) in [4.78, 5) is 17.4. The van der Waals surface area contributed by atoms with Gasteiger partial charge in [-0.3, -0.25) is 9.69 Å². The maximum Gasteiger partial charge on any atom is 0.307 e. The summed E-state index contributed by atoms with van der Waals surface area (Å²) in [6.07, 6.45) is 3.91. The number of piperidine rings is 1. The van der Waals surface area contributed by atoms with Crippen molar-refractivity contribution in [1.29, 1.82) is 0 Å². The summed E-state index contributed by atoms with van der Waals surface area (Å²) >= 11 is 0. The van der Waals surface area contributed by atoms with E-state index in [-0.39, 0.29) is 5.92 Å². The van der Waals surface area contributed by atoms with Gasteiger partial charge in [-0.15, -0.1) is 0 Å². The zero-order valence-corrected chi connectivity index (χ0v) is 13.0. The topological polar surface area (TPSA) is 56.3 Å². The summed E-state index contributed by atoms with van der Waals surface area (Å²) < 4.78 is 0. The van der Waals surface area contributed by atoms with Crippen LogP contribution in [-0.2, 0) is 11.2 Å². The van der Waals surface area contributed by atoms with Crippen LogP contribution in [0.4, 0.5) is 0 Å². The highest BCUT2D eigenvalue weighted by molar-refractivity contribution is 5.88. The van der Waals surface area contributed by atoms with Gasteiger partial charge in [0.15, 0.2) is 0 Å². The number of H-pyrrole nitrogens is 1. The van der Waals surface area contributed by atoms with Gasteiger partial charge in [0.05, 0.1) is 5.92 Å². The van der Waals surface area contributed by atoms with Gasteiger partial charge in [0.1, 0.15) is 0 Å². The third-order valence-electron chi connectivity index (χ3n) is 5.52. The average Bonchev–Trinajstić information content (AvgIpc) is 2.91. The van der Waals surface area contributed by atoms with E-state index in [1.165, 1.54) is 22.0 Å². The third kappa shape index (κ3) is 1.90. The highest BCUT2D eigenvalue weighted by Gasteiger charge is 2.43. The fourth-order valence-electron chi connectivity index (χ4n) is 4.51. The SMILES string of the molecule is CC(C)N1CC(C(=O)O)C[C@@H]2c3cccc4[nH]cc(c34)C[C@H]21. The monoisotopic (exact) mass is 298 g/mol. The van der Waals surface area contributed by atoms with Crippen molar-refractivity contribution in [3.05, 3.63) is 35.5 Å². The molecule has 1 saturated heterocycles. The lowest BCUT2D eigenvalue weighted by molar-refractivity contribution is -0.145. The zero-order valence-electron chi connectivity index (χ0n) is 13.0. The second-order valence-electron chi connectivity index (χ2n) is 7.02. The Balaban J connectivity index is 1.84. The number of hydrogen-bond acceptors (Lipinski definition) is 2. The first-order valence-electron chi connectivity index (χ1n) is 8.13. The number of benzene rings is 1. The molecule has 1 aliphatic heterocycles. The van der Waals surface area contributed by atoms with E-state index >= 15 is 0 Å². The third-order valence-corrected chi connectivity index (χ3v) is 5.52. The Labute approximate surface area is 130 Å². The number of nitrogens with zero attached hydrogens (tertiary/aromatic N) is 1. The van der Waals surface area contributed by atoms with Crippen LogP contribution in [0.15, 0.2) is 24.4 Å². The van der Waals surface area contributed by atoms with Crippen LogP contribution in [0.3, 0.4) is 0 Å². The van der Waals surface area contributed by atoms with Crippen LogP contribution in [0, 0.1) is 5.92 Å². The first-order valence-corrected chi connectivity index (χ1v) is 8.13. The first-order chi connectivity index (χ1) is 10.6. The van der Waals surface area contributed by atoms with Crippen LogP contribution in [-0.4, -0.2) is 39.6 Å². The largest absolute Gasteiger partial charge is 0.481 e. The van der Waals surface area contributed by atoms with Crippen molar-refractivity contribution in [3.63, 3.8) is 0 Å². The number of carboxylic acid groups (broad SMARTS) is 1. The quantitative estimate of drug-likeness (QED) is 0.896. The summed E-state index contributed by atoms with van der Waals surface area (Å²) in [5, 5.41) is 10.9. The number of aromatic nitrogens is 1. The van der Waals surface area contributed by atoms with Gasteiger partial charge >= 0.3 is 5.97 Å². The minimum Gasteiger partial charge on any atom is -0.481 e. The van der Waals surface area contributed by atoms with E-state index in [9.17, 15) is 9.90 Å². The van der Waals surface area contributed by atoms with E-state index in [0.717, 1.165) is 12.8 Å². The number of aliphatic carboxylic acids is 1. The number of nitrogens with one attached hydrogen (secondary N) is 1. The molecule has 3 atom stereocenters. The number of fused-ring (bicyclic) bond motifs is 2. The van der Waals surface area contributed by atoms with Crippen molar-refractivity contribution in [2.24, 2.45) is 5.92 Å². The molecule has 2 N–H and O–H groups in total.